The van der Waals surface area contributed by atoms with Crippen LogP contribution >= 0.6 is 15.9 Å². The van der Waals surface area contributed by atoms with Gasteiger partial charge in [-0.05, 0) is 35.3 Å². The number of aryl methyl sites for hydroxylation is 3. The van der Waals surface area contributed by atoms with Crippen LogP contribution in [0, 0.1) is 6.92 Å². The molecule has 0 saturated heterocycles. The molecule has 0 aromatic carbocycles. The summed E-state index contributed by atoms with van der Waals surface area (Å²) in [6.07, 6.45) is 2.62. The van der Waals surface area contributed by atoms with E-state index in [-0.39, 0.29) is 5.69 Å². The Labute approximate surface area is 114 Å². The number of hydrogen-bond acceptors (Lipinski definition) is 3. The smallest absolute Gasteiger partial charge is 0.293 e. The van der Waals surface area contributed by atoms with Gasteiger partial charge in [0, 0.05) is 18.9 Å². The minimum Gasteiger partial charge on any atom is -0.293 e. The third kappa shape index (κ3) is 2.38. The van der Waals surface area contributed by atoms with Crippen LogP contribution < -0.4 is 5.69 Å². The SMILES string of the molecule is CCc1nn(C)c(Cn2ccc(C)nc2=O)c1Br. The summed E-state index contributed by atoms with van der Waals surface area (Å²) in [5.41, 5.74) is 2.47. The van der Waals surface area contributed by atoms with E-state index >= 15 is 0 Å². The quantitative estimate of drug-likeness (QED) is 0.866. The van der Waals surface area contributed by atoms with Crippen molar-refractivity contribution in [3.05, 3.63) is 44.3 Å². The zero-order chi connectivity index (χ0) is 13.3. The summed E-state index contributed by atoms with van der Waals surface area (Å²) < 4.78 is 4.35. The van der Waals surface area contributed by atoms with Crippen molar-refractivity contribution < 1.29 is 0 Å². The van der Waals surface area contributed by atoms with Crippen molar-refractivity contribution in [2.45, 2.75) is 26.8 Å². The van der Waals surface area contributed by atoms with Crippen LogP contribution in [0.2, 0.25) is 0 Å². The molecule has 0 aliphatic rings. The topological polar surface area (TPSA) is 52.7 Å². The molecular formula is C12H15BrN4O. The Morgan fingerprint density at radius 1 is 1.44 bits per heavy atom. The molecule has 0 aliphatic heterocycles. The second kappa shape index (κ2) is 5.06. The van der Waals surface area contributed by atoms with Gasteiger partial charge in [0.15, 0.2) is 0 Å². The second-order valence-corrected chi connectivity index (χ2v) is 4.96. The highest BCUT2D eigenvalue weighted by atomic mass is 79.9. The Balaban J connectivity index is 2.40. The molecule has 2 heterocycles. The number of rotatable bonds is 3. The second-order valence-electron chi connectivity index (χ2n) is 4.16. The highest BCUT2D eigenvalue weighted by Gasteiger charge is 2.13. The van der Waals surface area contributed by atoms with E-state index in [0.717, 1.165) is 28.0 Å². The molecule has 2 aromatic heterocycles. The molecule has 0 N–H and O–H groups in total. The Hall–Kier alpha value is -1.43. The maximum absolute atomic E-state index is 11.8. The van der Waals surface area contributed by atoms with Gasteiger partial charge in [0.05, 0.1) is 22.4 Å². The van der Waals surface area contributed by atoms with Gasteiger partial charge < -0.3 is 0 Å². The van der Waals surface area contributed by atoms with E-state index in [2.05, 4.69) is 32.9 Å². The average molecular weight is 311 g/mol. The molecule has 0 spiro atoms. The van der Waals surface area contributed by atoms with E-state index in [1.165, 1.54) is 0 Å². The molecule has 0 unspecified atom stereocenters. The lowest BCUT2D eigenvalue weighted by Gasteiger charge is -2.06. The summed E-state index contributed by atoms with van der Waals surface area (Å²) in [4.78, 5) is 15.7. The lowest BCUT2D eigenvalue weighted by molar-refractivity contribution is 0.635. The standard InChI is InChI=1S/C12H15BrN4O/c1-4-9-11(13)10(16(3)15-9)7-17-6-5-8(2)14-12(17)18/h5-6H,4,7H2,1-3H3. The summed E-state index contributed by atoms with van der Waals surface area (Å²) in [5, 5.41) is 4.41. The number of hydrogen-bond donors (Lipinski definition) is 0. The van der Waals surface area contributed by atoms with Crippen molar-refractivity contribution >= 4 is 15.9 Å². The van der Waals surface area contributed by atoms with Crippen molar-refractivity contribution in [1.82, 2.24) is 19.3 Å². The minimum atomic E-state index is -0.235. The Kier molecular flexibility index (Phi) is 3.65. The molecular weight excluding hydrogens is 296 g/mol. The number of aromatic nitrogens is 4. The van der Waals surface area contributed by atoms with E-state index in [4.69, 9.17) is 0 Å². The average Bonchev–Trinajstić information content (AvgIpc) is 2.59. The molecule has 0 bridgehead atoms. The van der Waals surface area contributed by atoms with Gasteiger partial charge in [-0.3, -0.25) is 9.25 Å². The first-order valence-electron chi connectivity index (χ1n) is 5.77. The zero-order valence-corrected chi connectivity index (χ0v) is 12.2. The molecule has 0 amide bonds. The molecule has 0 radical (unpaired) electrons. The first-order valence-corrected chi connectivity index (χ1v) is 6.56. The van der Waals surface area contributed by atoms with Gasteiger partial charge in [-0.2, -0.15) is 10.1 Å². The maximum atomic E-state index is 11.8. The summed E-state index contributed by atoms with van der Waals surface area (Å²) in [6, 6.07) is 1.83. The van der Waals surface area contributed by atoms with Crippen molar-refractivity contribution in [3.8, 4) is 0 Å². The molecule has 0 fully saturated rings. The van der Waals surface area contributed by atoms with Gasteiger partial charge in [0.1, 0.15) is 0 Å². The van der Waals surface area contributed by atoms with E-state index in [0.29, 0.717) is 6.54 Å². The molecule has 96 valence electrons. The predicted octanol–water partition coefficient (Wildman–Crippen LogP) is 1.66. The fourth-order valence-electron chi connectivity index (χ4n) is 1.79. The maximum Gasteiger partial charge on any atom is 0.348 e. The highest BCUT2D eigenvalue weighted by molar-refractivity contribution is 9.10. The molecule has 0 atom stereocenters. The van der Waals surface area contributed by atoms with Crippen LogP contribution in [-0.2, 0) is 20.0 Å². The molecule has 18 heavy (non-hydrogen) atoms. The van der Waals surface area contributed by atoms with Crippen LogP contribution in [0.4, 0.5) is 0 Å². The van der Waals surface area contributed by atoms with E-state index in [9.17, 15) is 4.79 Å². The lowest BCUT2D eigenvalue weighted by Crippen LogP contribution is -2.24. The number of nitrogens with zero attached hydrogens (tertiary/aromatic N) is 4. The van der Waals surface area contributed by atoms with Crippen molar-refractivity contribution in [3.63, 3.8) is 0 Å². The van der Waals surface area contributed by atoms with Crippen LogP contribution in [0.5, 0.6) is 0 Å². The third-order valence-electron chi connectivity index (χ3n) is 2.84. The number of halogens is 1. The highest BCUT2D eigenvalue weighted by Crippen LogP contribution is 2.21. The zero-order valence-electron chi connectivity index (χ0n) is 10.6. The van der Waals surface area contributed by atoms with Crippen molar-refractivity contribution in [1.29, 1.82) is 0 Å². The normalized spacial score (nSPS) is 10.9. The van der Waals surface area contributed by atoms with Crippen LogP contribution in [-0.4, -0.2) is 19.3 Å². The molecule has 0 aliphatic carbocycles. The summed E-state index contributed by atoms with van der Waals surface area (Å²) in [6.45, 7) is 4.33. The van der Waals surface area contributed by atoms with Gasteiger partial charge in [-0.15, -0.1) is 0 Å². The summed E-state index contributed by atoms with van der Waals surface area (Å²) in [7, 11) is 1.88. The fraction of sp³-hybridized carbons (Fsp3) is 0.417. The van der Waals surface area contributed by atoms with Crippen LogP contribution in [0.15, 0.2) is 21.5 Å². The van der Waals surface area contributed by atoms with Crippen LogP contribution in [0.3, 0.4) is 0 Å². The van der Waals surface area contributed by atoms with E-state index in [1.54, 1.807) is 22.4 Å². The van der Waals surface area contributed by atoms with Crippen molar-refractivity contribution in [2.75, 3.05) is 0 Å². The lowest BCUT2D eigenvalue weighted by atomic mass is 10.3. The first-order chi connectivity index (χ1) is 8.52. The first kappa shape index (κ1) is 13.0. The molecule has 2 aromatic rings. The third-order valence-corrected chi connectivity index (χ3v) is 3.75. The van der Waals surface area contributed by atoms with E-state index in [1.807, 2.05) is 13.1 Å². The Morgan fingerprint density at radius 3 is 2.72 bits per heavy atom. The van der Waals surface area contributed by atoms with Gasteiger partial charge in [0.2, 0.25) is 0 Å². The predicted molar refractivity (Wildman–Crippen MR) is 72.6 cm³/mol. The largest absolute Gasteiger partial charge is 0.348 e. The fourth-order valence-corrected chi connectivity index (χ4v) is 2.53. The van der Waals surface area contributed by atoms with Gasteiger partial charge in [-0.1, -0.05) is 6.92 Å². The van der Waals surface area contributed by atoms with Crippen molar-refractivity contribution in [2.24, 2.45) is 7.05 Å². The summed E-state index contributed by atoms with van der Waals surface area (Å²) in [5.74, 6) is 0. The molecule has 6 heteroatoms. The van der Waals surface area contributed by atoms with Crippen LogP contribution in [0.1, 0.15) is 24.0 Å². The molecule has 0 saturated carbocycles. The minimum absolute atomic E-state index is 0.235. The molecule has 5 nitrogen and oxygen atoms in total. The Morgan fingerprint density at radius 2 is 2.17 bits per heavy atom. The Bertz CT molecular complexity index is 629. The molecule has 2 rings (SSSR count). The van der Waals surface area contributed by atoms with Gasteiger partial charge >= 0.3 is 5.69 Å². The van der Waals surface area contributed by atoms with Crippen LogP contribution in [0.25, 0.3) is 0 Å². The summed E-state index contributed by atoms with van der Waals surface area (Å²) >= 11 is 3.54. The van der Waals surface area contributed by atoms with E-state index < -0.39 is 0 Å². The van der Waals surface area contributed by atoms with Gasteiger partial charge in [0.25, 0.3) is 0 Å². The monoisotopic (exact) mass is 310 g/mol. The van der Waals surface area contributed by atoms with Gasteiger partial charge in [-0.25, -0.2) is 4.79 Å².